The monoisotopic (exact) mass is 444 g/mol. The van der Waals surface area contributed by atoms with Gasteiger partial charge >= 0.3 is 0 Å². The van der Waals surface area contributed by atoms with Crippen molar-refractivity contribution in [1.82, 2.24) is 19.3 Å². The third-order valence-electron chi connectivity index (χ3n) is 3.49. The van der Waals surface area contributed by atoms with Crippen LogP contribution in [0.1, 0.15) is 5.82 Å². The maximum absolute atomic E-state index is 12.6. The molecular formula is C15H14BrClN4O3S. The summed E-state index contributed by atoms with van der Waals surface area (Å²) in [6.07, 6.45) is 2.21. The maximum Gasteiger partial charge on any atom is 0.244 e. The van der Waals surface area contributed by atoms with E-state index in [9.17, 15) is 8.42 Å². The first-order chi connectivity index (χ1) is 11.9. The molecule has 0 aliphatic rings. The first-order valence-corrected chi connectivity index (χ1v) is 9.89. The van der Waals surface area contributed by atoms with Gasteiger partial charge in [-0.3, -0.25) is 4.40 Å². The molecular weight excluding hydrogens is 432 g/mol. The Morgan fingerprint density at radius 2 is 2.12 bits per heavy atom. The molecule has 1 N–H and O–H groups in total. The van der Waals surface area contributed by atoms with Crippen molar-refractivity contribution < 1.29 is 13.2 Å². The minimum absolute atomic E-state index is 0.0273. The highest BCUT2D eigenvalue weighted by molar-refractivity contribution is 9.10. The average Bonchev–Trinajstić information content (AvgIpc) is 2.97. The summed E-state index contributed by atoms with van der Waals surface area (Å²) in [6, 6.07) is 8.47. The van der Waals surface area contributed by atoms with Crippen molar-refractivity contribution >= 4 is 43.2 Å². The lowest BCUT2D eigenvalue weighted by atomic mass is 10.3. The van der Waals surface area contributed by atoms with Gasteiger partial charge < -0.3 is 4.74 Å². The van der Waals surface area contributed by atoms with Gasteiger partial charge in [0.2, 0.25) is 10.0 Å². The highest BCUT2D eigenvalue weighted by atomic mass is 79.9. The number of fused-ring (bicyclic) bond motifs is 1. The number of nitrogens with one attached hydrogen (secondary N) is 1. The summed E-state index contributed by atoms with van der Waals surface area (Å²) in [5.74, 6) is 0.863. The largest absolute Gasteiger partial charge is 0.494 e. The standard InChI is InChI=1S/C15H14BrClN4O3S/c1-24-15-11(16)8-10(17)9-12(15)25(22,23)18-6-5-14-20-19-13-4-2-3-7-21(13)14/h2-4,7-9,18H,5-6H2,1H3. The lowest BCUT2D eigenvalue weighted by Gasteiger charge is -2.12. The summed E-state index contributed by atoms with van der Waals surface area (Å²) in [5.41, 5.74) is 0.709. The van der Waals surface area contributed by atoms with Crippen molar-refractivity contribution in [1.29, 1.82) is 0 Å². The highest BCUT2D eigenvalue weighted by Crippen LogP contribution is 2.35. The zero-order chi connectivity index (χ0) is 18.0. The van der Waals surface area contributed by atoms with E-state index in [0.29, 0.717) is 22.4 Å². The minimum atomic E-state index is -3.80. The number of nitrogens with zero attached hydrogens (tertiary/aromatic N) is 3. The number of hydrogen-bond donors (Lipinski definition) is 1. The lowest BCUT2D eigenvalue weighted by Crippen LogP contribution is -2.27. The zero-order valence-corrected chi connectivity index (χ0v) is 16.3. The van der Waals surface area contributed by atoms with Gasteiger partial charge in [0.05, 0.1) is 11.6 Å². The number of benzene rings is 1. The van der Waals surface area contributed by atoms with E-state index in [1.165, 1.54) is 13.2 Å². The third-order valence-corrected chi connectivity index (χ3v) is 5.77. The number of sulfonamides is 1. The molecule has 132 valence electrons. The van der Waals surface area contributed by atoms with Crippen LogP contribution in [-0.2, 0) is 16.4 Å². The van der Waals surface area contributed by atoms with E-state index in [0.717, 1.165) is 0 Å². The van der Waals surface area contributed by atoms with Crippen LogP contribution in [0.25, 0.3) is 5.65 Å². The second-order valence-corrected chi connectivity index (χ2v) is 8.14. The van der Waals surface area contributed by atoms with Gasteiger partial charge in [0.15, 0.2) is 11.4 Å². The number of aromatic nitrogens is 3. The van der Waals surface area contributed by atoms with Gasteiger partial charge in [-0.15, -0.1) is 10.2 Å². The lowest BCUT2D eigenvalue weighted by molar-refractivity contribution is 0.399. The van der Waals surface area contributed by atoms with Gasteiger partial charge in [0, 0.05) is 24.2 Å². The van der Waals surface area contributed by atoms with E-state index < -0.39 is 10.0 Å². The van der Waals surface area contributed by atoms with Crippen LogP contribution in [0.2, 0.25) is 5.02 Å². The van der Waals surface area contributed by atoms with Crippen LogP contribution < -0.4 is 9.46 Å². The van der Waals surface area contributed by atoms with Gasteiger partial charge in [-0.05, 0) is 40.2 Å². The Hall–Kier alpha value is -1.68. The Morgan fingerprint density at radius 1 is 1.32 bits per heavy atom. The van der Waals surface area contributed by atoms with Gasteiger partial charge in [-0.1, -0.05) is 17.7 Å². The van der Waals surface area contributed by atoms with E-state index in [-0.39, 0.29) is 22.2 Å². The van der Waals surface area contributed by atoms with E-state index in [4.69, 9.17) is 16.3 Å². The van der Waals surface area contributed by atoms with Crippen molar-refractivity contribution in [3.8, 4) is 5.75 Å². The number of ether oxygens (including phenoxy) is 1. The highest BCUT2D eigenvalue weighted by Gasteiger charge is 2.22. The maximum atomic E-state index is 12.6. The van der Waals surface area contributed by atoms with Crippen LogP contribution >= 0.6 is 27.5 Å². The molecule has 0 aliphatic carbocycles. The normalized spacial score (nSPS) is 11.8. The molecule has 0 bridgehead atoms. The Balaban J connectivity index is 1.79. The summed E-state index contributed by atoms with van der Waals surface area (Å²) in [7, 11) is -2.40. The van der Waals surface area contributed by atoms with Crippen molar-refractivity contribution in [3.05, 3.63) is 51.8 Å². The first kappa shape index (κ1) is 18.1. The summed E-state index contributed by atoms with van der Waals surface area (Å²) >= 11 is 9.22. The molecule has 0 saturated carbocycles. The smallest absolute Gasteiger partial charge is 0.244 e. The molecule has 1 aromatic carbocycles. The molecule has 0 saturated heterocycles. The fraction of sp³-hybridized carbons (Fsp3) is 0.200. The molecule has 0 atom stereocenters. The molecule has 0 amide bonds. The van der Waals surface area contributed by atoms with Crippen molar-refractivity contribution in [2.75, 3.05) is 13.7 Å². The topological polar surface area (TPSA) is 85.6 Å². The molecule has 2 aromatic heterocycles. The quantitative estimate of drug-likeness (QED) is 0.630. The van der Waals surface area contributed by atoms with Crippen molar-refractivity contribution in [2.24, 2.45) is 0 Å². The molecule has 10 heteroatoms. The SMILES string of the molecule is COc1c(Br)cc(Cl)cc1S(=O)(=O)NCCc1nnc2ccccn12. The second kappa shape index (κ2) is 7.28. The number of hydrogen-bond acceptors (Lipinski definition) is 5. The Kier molecular flexibility index (Phi) is 5.28. The number of methoxy groups -OCH3 is 1. The first-order valence-electron chi connectivity index (χ1n) is 7.24. The molecule has 0 fully saturated rings. The number of halogens is 2. The Morgan fingerprint density at radius 3 is 2.88 bits per heavy atom. The van der Waals surface area contributed by atoms with Crippen LogP contribution in [0.3, 0.4) is 0 Å². The minimum Gasteiger partial charge on any atom is -0.494 e. The predicted octanol–water partition coefficient (Wildman–Crippen LogP) is 2.67. The van der Waals surface area contributed by atoms with Crippen LogP contribution in [0.4, 0.5) is 0 Å². The summed E-state index contributed by atoms with van der Waals surface area (Å²) < 4.78 is 35.2. The fourth-order valence-corrected chi connectivity index (χ4v) is 4.78. The summed E-state index contributed by atoms with van der Waals surface area (Å²) in [5, 5.41) is 8.40. The zero-order valence-electron chi connectivity index (χ0n) is 13.1. The molecule has 7 nitrogen and oxygen atoms in total. The molecule has 0 aliphatic heterocycles. The van der Waals surface area contributed by atoms with E-state index in [1.807, 2.05) is 28.8 Å². The van der Waals surface area contributed by atoms with Crippen LogP contribution in [0.15, 0.2) is 45.9 Å². The molecule has 2 heterocycles. The Labute approximate surface area is 158 Å². The molecule has 3 rings (SSSR count). The van der Waals surface area contributed by atoms with E-state index in [2.05, 4.69) is 30.8 Å². The third kappa shape index (κ3) is 3.79. The predicted molar refractivity (Wildman–Crippen MR) is 97.6 cm³/mol. The van der Waals surface area contributed by atoms with Gasteiger partial charge in [0.25, 0.3) is 0 Å². The Bertz CT molecular complexity index is 1020. The van der Waals surface area contributed by atoms with Gasteiger partial charge in [-0.25, -0.2) is 13.1 Å². The van der Waals surface area contributed by atoms with Crippen molar-refractivity contribution in [3.63, 3.8) is 0 Å². The van der Waals surface area contributed by atoms with E-state index >= 15 is 0 Å². The number of pyridine rings is 1. The average molecular weight is 446 g/mol. The molecule has 3 aromatic rings. The molecule has 25 heavy (non-hydrogen) atoms. The molecule has 0 spiro atoms. The van der Waals surface area contributed by atoms with E-state index in [1.54, 1.807) is 6.07 Å². The van der Waals surface area contributed by atoms with Crippen LogP contribution in [0.5, 0.6) is 5.75 Å². The van der Waals surface area contributed by atoms with Crippen LogP contribution in [-0.4, -0.2) is 36.7 Å². The fourth-order valence-electron chi connectivity index (χ4n) is 2.37. The van der Waals surface area contributed by atoms with Crippen molar-refractivity contribution in [2.45, 2.75) is 11.3 Å². The summed E-state index contributed by atoms with van der Waals surface area (Å²) in [4.78, 5) is -0.0273. The second-order valence-electron chi connectivity index (χ2n) is 5.11. The molecule has 0 radical (unpaired) electrons. The van der Waals surface area contributed by atoms with Gasteiger partial charge in [-0.2, -0.15) is 0 Å². The number of rotatable bonds is 6. The van der Waals surface area contributed by atoms with Gasteiger partial charge in [0.1, 0.15) is 10.7 Å². The molecule has 0 unspecified atom stereocenters. The van der Waals surface area contributed by atoms with Crippen LogP contribution in [0, 0.1) is 0 Å². The summed E-state index contributed by atoms with van der Waals surface area (Å²) in [6.45, 7) is 0.158.